The molecular formula is C30H50N4O4. The van der Waals surface area contributed by atoms with Gasteiger partial charge in [0.2, 0.25) is 5.91 Å². The fraction of sp³-hybridized carbons (Fsp3) is 0.700. The summed E-state index contributed by atoms with van der Waals surface area (Å²) in [6.45, 7) is 19.3. The predicted molar refractivity (Wildman–Crippen MR) is 152 cm³/mol. The number of hydrogen-bond donors (Lipinski definition) is 3. The quantitative estimate of drug-likeness (QED) is 0.320. The van der Waals surface area contributed by atoms with Gasteiger partial charge in [0.15, 0.2) is 0 Å². The summed E-state index contributed by atoms with van der Waals surface area (Å²) in [5.74, 6) is 0.0367. The van der Waals surface area contributed by atoms with Gasteiger partial charge in [0.25, 0.3) is 0 Å². The van der Waals surface area contributed by atoms with Crippen LogP contribution in [0.2, 0.25) is 0 Å². The van der Waals surface area contributed by atoms with Crippen LogP contribution in [0.15, 0.2) is 24.3 Å². The highest BCUT2D eigenvalue weighted by Crippen LogP contribution is 2.20. The fourth-order valence-corrected chi connectivity index (χ4v) is 3.94. The number of nitriles is 1. The molecule has 0 aliphatic rings. The van der Waals surface area contributed by atoms with Gasteiger partial charge in [-0.25, -0.2) is 4.79 Å². The molecule has 38 heavy (non-hydrogen) atoms. The van der Waals surface area contributed by atoms with Crippen LogP contribution in [-0.2, 0) is 20.7 Å². The first-order valence-electron chi connectivity index (χ1n) is 13.7. The number of nitrogens with zero attached hydrogens (tertiary/aromatic N) is 1. The van der Waals surface area contributed by atoms with Gasteiger partial charge >= 0.3 is 5.97 Å². The molecule has 0 saturated heterocycles. The van der Waals surface area contributed by atoms with Crippen LogP contribution in [0.4, 0.5) is 0 Å². The predicted octanol–water partition coefficient (Wildman–Crippen LogP) is 4.50. The molecule has 0 fully saturated rings. The second kappa shape index (κ2) is 14.5. The Labute approximate surface area is 230 Å². The second-order valence-electron chi connectivity index (χ2n) is 12.6. The third-order valence-electron chi connectivity index (χ3n) is 5.96. The van der Waals surface area contributed by atoms with E-state index in [9.17, 15) is 14.9 Å². The first-order chi connectivity index (χ1) is 17.5. The molecule has 0 aromatic heterocycles. The summed E-state index contributed by atoms with van der Waals surface area (Å²) in [6.07, 6.45) is 1.60. The van der Waals surface area contributed by atoms with Crippen LogP contribution < -0.4 is 21.1 Å². The van der Waals surface area contributed by atoms with Gasteiger partial charge in [0, 0.05) is 6.04 Å². The van der Waals surface area contributed by atoms with Gasteiger partial charge < -0.3 is 20.5 Å². The molecule has 0 unspecified atom stereocenters. The SMILES string of the molecule is CC[C@H](C)[C@H](N[C@@H](C#N)[C@@H](N)Cc1ccc(OC(C)(C)C)cc1)C(=O)N[C@@H](CC(C)C)C(=O)OC(C)(C)C. The van der Waals surface area contributed by atoms with Gasteiger partial charge in [-0.15, -0.1) is 0 Å². The Bertz CT molecular complexity index is 926. The highest BCUT2D eigenvalue weighted by atomic mass is 16.6. The summed E-state index contributed by atoms with van der Waals surface area (Å²) in [6, 6.07) is 7.10. The van der Waals surface area contributed by atoms with Crippen molar-refractivity contribution in [2.24, 2.45) is 17.6 Å². The van der Waals surface area contributed by atoms with Gasteiger partial charge in [-0.1, -0.05) is 46.2 Å². The summed E-state index contributed by atoms with van der Waals surface area (Å²) in [4.78, 5) is 26.3. The van der Waals surface area contributed by atoms with E-state index < -0.39 is 35.7 Å². The molecule has 1 rings (SSSR count). The van der Waals surface area contributed by atoms with Crippen LogP contribution in [0.1, 0.15) is 87.6 Å². The lowest BCUT2D eigenvalue weighted by Gasteiger charge is -2.31. The molecule has 1 aromatic rings. The van der Waals surface area contributed by atoms with E-state index in [-0.39, 0.29) is 23.3 Å². The van der Waals surface area contributed by atoms with Crippen molar-refractivity contribution in [1.82, 2.24) is 10.6 Å². The van der Waals surface area contributed by atoms with Crippen LogP contribution in [-0.4, -0.2) is 47.2 Å². The monoisotopic (exact) mass is 530 g/mol. The van der Waals surface area contributed by atoms with Crippen molar-refractivity contribution >= 4 is 11.9 Å². The summed E-state index contributed by atoms with van der Waals surface area (Å²) >= 11 is 0. The minimum atomic E-state index is -0.780. The Morgan fingerprint density at radius 2 is 1.61 bits per heavy atom. The van der Waals surface area contributed by atoms with Crippen LogP contribution in [0, 0.1) is 23.2 Å². The third-order valence-corrected chi connectivity index (χ3v) is 5.96. The maximum atomic E-state index is 13.4. The van der Waals surface area contributed by atoms with Gasteiger partial charge in [-0.2, -0.15) is 5.26 Å². The number of nitrogens with two attached hydrogens (primary N) is 1. The first kappa shape index (κ1) is 33.4. The molecule has 4 N–H and O–H groups in total. The van der Waals surface area contributed by atoms with E-state index in [2.05, 4.69) is 16.7 Å². The Kier molecular flexibility index (Phi) is 12.7. The van der Waals surface area contributed by atoms with Crippen LogP contribution in [0.25, 0.3) is 0 Å². The van der Waals surface area contributed by atoms with Crippen molar-refractivity contribution in [3.8, 4) is 11.8 Å². The smallest absolute Gasteiger partial charge is 0.329 e. The van der Waals surface area contributed by atoms with Crippen molar-refractivity contribution < 1.29 is 19.1 Å². The van der Waals surface area contributed by atoms with Gasteiger partial charge in [0.05, 0.1) is 12.1 Å². The van der Waals surface area contributed by atoms with Gasteiger partial charge in [-0.05, 0) is 83.9 Å². The summed E-state index contributed by atoms with van der Waals surface area (Å²) in [7, 11) is 0. The minimum absolute atomic E-state index is 0.0924. The number of ether oxygens (including phenoxy) is 2. The Balaban J connectivity index is 3.00. The Hall–Kier alpha value is -2.63. The number of rotatable bonds is 13. The normalized spacial score (nSPS) is 16.1. The molecule has 0 aliphatic heterocycles. The number of amides is 1. The highest BCUT2D eigenvalue weighted by Gasteiger charge is 2.33. The highest BCUT2D eigenvalue weighted by molar-refractivity contribution is 5.88. The van der Waals surface area contributed by atoms with Crippen LogP contribution >= 0.6 is 0 Å². The first-order valence-corrected chi connectivity index (χ1v) is 13.7. The number of carbonyl (C=O) groups is 2. The zero-order valence-electron chi connectivity index (χ0n) is 25.1. The molecule has 0 heterocycles. The topological polar surface area (TPSA) is 126 Å². The maximum Gasteiger partial charge on any atom is 0.329 e. The van der Waals surface area contributed by atoms with E-state index >= 15 is 0 Å². The van der Waals surface area contributed by atoms with Crippen molar-refractivity contribution in [2.45, 2.75) is 124 Å². The summed E-state index contributed by atoms with van der Waals surface area (Å²) in [5.41, 5.74) is 6.46. The van der Waals surface area contributed by atoms with Crippen molar-refractivity contribution in [1.29, 1.82) is 5.26 Å². The fourth-order valence-electron chi connectivity index (χ4n) is 3.94. The molecule has 5 atom stereocenters. The second-order valence-corrected chi connectivity index (χ2v) is 12.6. The number of benzene rings is 1. The molecule has 8 nitrogen and oxygen atoms in total. The summed E-state index contributed by atoms with van der Waals surface area (Å²) in [5, 5.41) is 16.0. The molecule has 0 saturated carbocycles. The largest absolute Gasteiger partial charge is 0.488 e. The number of nitrogens with one attached hydrogen (secondary N) is 2. The number of carbonyl (C=O) groups excluding carboxylic acids is 2. The molecular weight excluding hydrogens is 480 g/mol. The average molecular weight is 531 g/mol. The zero-order valence-corrected chi connectivity index (χ0v) is 25.1. The lowest BCUT2D eigenvalue weighted by atomic mass is 9.94. The molecule has 214 valence electrons. The zero-order chi connectivity index (χ0) is 29.3. The Morgan fingerprint density at radius 3 is 2.05 bits per heavy atom. The molecule has 0 bridgehead atoms. The van der Waals surface area contributed by atoms with E-state index in [4.69, 9.17) is 15.2 Å². The minimum Gasteiger partial charge on any atom is -0.488 e. The number of hydrogen-bond acceptors (Lipinski definition) is 7. The van der Waals surface area contributed by atoms with E-state index in [1.807, 2.05) is 72.7 Å². The van der Waals surface area contributed by atoms with E-state index in [1.165, 1.54) is 0 Å². The molecule has 0 radical (unpaired) electrons. The lowest BCUT2D eigenvalue weighted by Crippen LogP contribution is -2.58. The summed E-state index contributed by atoms with van der Waals surface area (Å²) < 4.78 is 11.4. The standard InChI is InChI=1S/C30H50N4O4/c1-11-20(4)26(27(35)34-24(16-19(2)3)28(36)38-30(8,9)10)33-25(18-31)23(32)17-21-12-14-22(15-13-21)37-29(5,6)7/h12-15,19-20,23-26,33H,11,16-17,32H2,1-10H3,(H,34,35)/t20-,23-,24-,25-,26-/m0/s1. The average Bonchev–Trinajstić information content (AvgIpc) is 2.77. The molecule has 8 heteroatoms. The van der Waals surface area contributed by atoms with Gasteiger partial charge in [0.1, 0.15) is 29.0 Å². The molecule has 0 aliphatic carbocycles. The van der Waals surface area contributed by atoms with E-state index in [0.717, 1.165) is 11.3 Å². The number of esters is 1. The van der Waals surface area contributed by atoms with Crippen molar-refractivity contribution in [2.75, 3.05) is 0 Å². The van der Waals surface area contributed by atoms with Crippen molar-refractivity contribution in [3.05, 3.63) is 29.8 Å². The van der Waals surface area contributed by atoms with Gasteiger partial charge in [-0.3, -0.25) is 10.1 Å². The Morgan fingerprint density at radius 1 is 1.03 bits per heavy atom. The van der Waals surface area contributed by atoms with E-state index in [1.54, 1.807) is 20.8 Å². The van der Waals surface area contributed by atoms with Crippen LogP contribution in [0.3, 0.4) is 0 Å². The van der Waals surface area contributed by atoms with Crippen molar-refractivity contribution in [3.63, 3.8) is 0 Å². The molecule has 1 amide bonds. The van der Waals surface area contributed by atoms with Crippen LogP contribution in [0.5, 0.6) is 5.75 Å². The molecule has 1 aromatic carbocycles. The third kappa shape index (κ3) is 12.3. The molecule has 0 spiro atoms. The van der Waals surface area contributed by atoms with E-state index in [0.29, 0.717) is 19.3 Å². The maximum absolute atomic E-state index is 13.4. The lowest BCUT2D eigenvalue weighted by molar-refractivity contribution is -0.159.